The van der Waals surface area contributed by atoms with Crippen molar-refractivity contribution in [2.75, 3.05) is 29.3 Å². The molecule has 0 aliphatic carbocycles. The maximum absolute atomic E-state index is 13.4. The third-order valence-electron chi connectivity index (χ3n) is 6.48. The van der Waals surface area contributed by atoms with Crippen molar-refractivity contribution in [1.29, 1.82) is 0 Å². The van der Waals surface area contributed by atoms with Crippen molar-refractivity contribution in [1.82, 2.24) is 14.5 Å². The van der Waals surface area contributed by atoms with Crippen molar-refractivity contribution in [2.45, 2.75) is 30.8 Å². The monoisotopic (exact) mass is 513 g/mol. The minimum Gasteiger partial charge on any atom is -0.368 e. The molecule has 1 saturated heterocycles. The van der Waals surface area contributed by atoms with E-state index < -0.39 is 10.0 Å². The van der Waals surface area contributed by atoms with Crippen LogP contribution in [0.4, 0.5) is 10.8 Å². The topological polar surface area (TPSA) is 87.5 Å². The number of benzene rings is 2. The number of piperazine rings is 1. The van der Waals surface area contributed by atoms with Gasteiger partial charge in [-0.1, -0.05) is 18.2 Å². The van der Waals surface area contributed by atoms with Crippen LogP contribution in [0.25, 0.3) is 10.9 Å². The number of anilines is 2. The van der Waals surface area contributed by atoms with E-state index in [4.69, 9.17) is 0 Å². The van der Waals surface area contributed by atoms with Gasteiger partial charge in [0.1, 0.15) is 6.04 Å². The molecule has 5 rings (SSSR count). The molecule has 3 heterocycles. The van der Waals surface area contributed by atoms with Gasteiger partial charge in [0, 0.05) is 57.5 Å². The predicted octanol–water partition coefficient (Wildman–Crippen LogP) is 4.69. The third-order valence-corrected chi connectivity index (χ3v) is 8.65. The van der Waals surface area contributed by atoms with Crippen molar-refractivity contribution in [2.24, 2.45) is 0 Å². The molecule has 35 heavy (non-hydrogen) atoms. The Morgan fingerprint density at radius 3 is 2.63 bits per heavy atom. The number of amides is 1. The fourth-order valence-electron chi connectivity index (χ4n) is 4.60. The largest absolute Gasteiger partial charge is 0.368 e. The number of hydrogen-bond donors (Lipinski definition) is 1. The van der Waals surface area contributed by atoms with Gasteiger partial charge in [-0.2, -0.15) is 0 Å². The summed E-state index contributed by atoms with van der Waals surface area (Å²) in [4.78, 5) is 21.7. The van der Waals surface area contributed by atoms with E-state index in [1.165, 1.54) is 11.3 Å². The Hall–Kier alpha value is -3.37. The van der Waals surface area contributed by atoms with Crippen molar-refractivity contribution < 1.29 is 16.1 Å². The average Bonchev–Trinajstić information content (AvgIpc) is 3.53. The maximum atomic E-state index is 13.4. The number of hydrogen-bond acceptors (Lipinski definition) is 6. The summed E-state index contributed by atoms with van der Waals surface area (Å²) in [7, 11) is -3.68. The lowest BCUT2D eigenvalue weighted by molar-refractivity contribution is -0.136. The van der Waals surface area contributed by atoms with Crippen LogP contribution in [0.15, 0.2) is 77.3 Å². The lowest BCUT2D eigenvalue weighted by atomic mass is 10.1. The van der Waals surface area contributed by atoms with Gasteiger partial charge in [-0.25, -0.2) is 13.4 Å². The molecule has 1 N–H and O–H groups in total. The molecule has 0 saturated carbocycles. The second-order valence-corrected chi connectivity index (χ2v) is 11.3. The smallest absolute Gasteiger partial charge is 0.263 e. The molecule has 1 unspecified atom stereocenters. The first-order chi connectivity index (χ1) is 16.8. The maximum Gasteiger partial charge on any atom is 0.263 e. The molecule has 2 aromatic carbocycles. The van der Waals surface area contributed by atoms with E-state index in [0.717, 1.165) is 16.6 Å². The minimum absolute atomic E-state index is 0. The molecular weight excluding hydrogens is 482 g/mol. The van der Waals surface area contributed by atoms with E-state index in [-0.39, 0.29) is 25.7 Å². The molecule has 1 aliphatic heterocycles. The quantitative estimate of drug-likeness (QED) is 0.404. The number of carbonyl (C=O) groups is 1. The Morgan fingerprint density at radius 1 is 1.14 bits per heavy atom. The zero-order chi connectivity index (χ0) is 24.6. The van der Waals surface area contributed by atoms with Crippen molar-refractivity contribution >= 4 is 49.0 Å². The number of carbonyl (C=O) groups excluding carboxylic acids is 1. The lowest BCUT2D eigenvalue weighted by Crippen LogP contribution is -2.55. The number of para-hydroxylation sites is 1. The van der Waals surface area contributed by atoms with Gasteiger partial charge < -0.3 is 14.4 Å². The Kier molecular flexibility index (Phi) is 6.24. The number of thiazole rings is 1. The highest BCUT2D eigenvalue weighted by Gasteiger charge is 2.31. The summed E-state index contributed by atoms with van der Waals surface area (Å²) in [5.74, 6) is 0.105. The minimum atomic E-state index is -3.68. The van der Waals surface area contributed by atoms with E-state index >= 15 is 0 Å². The number of aromatic nitrogens is 2. The Labute approximate surface area is 211 Å². The lowest BCUT2D eigenvalue weighted by Gasteiger charge is -2.42. The zero-order valence-electron chi connectivity index (χ0n) is 19.5. The number of nitrogens with one attached hydrogen (secondary N) is 1. The molecule has 0 radical (unpaired) electrons. The van der Waals surface area contributed by atoms with Gasteiger partial charge in [0.05, 0.1) is 4.90 Å². The SMILES string of the molecule is CC1CN(c2ccc(S(=O)(=O)Nc3nccs3)cc2)CCN1C(=O)[C@H](C)n1ccc2ccccc21.[HH].[HH]. The molecule has 1 aliphatic rings. The van der Waals surface area contributed by atoms with Crippen LogP contribution in [0.2, 0.25) is 0 Å². The summed E-state index contributed by atoms with van der Waals surface area (Å²) < 4.78 is 29.7. The van der Waals surface area contributed by atoms with Gasteiger partial charge >= 0.3 is 0 Å². The second-order valence-electron chi connectivity index (χ2n) is 8.72. The summed E-state index contributed by atoms with van der Waals surface area (Å²) in [6.07, 6.45) is 3.53. The molecule has 0 spiro atoms. The summed E-state index contributed by atoms with van der Waals surface area (Å²) in [6.45, 7) is 5.97. The molecule has 1 amide bonds. The first kappa shape index (κ1) is 23.4. The van der Waals surface area contributed by atoms with Crippen LogP contribution in [0.3, 0.4) is 0 Å². The molecule has 186 valence electrons. The fraction of sp³-hybridized carbons (Fsp3) is 0.280. The molecule has 1 fully saturated rings. The molecule has 8 nitrogen and oxygen atoms in total. The summed E-state index contributed by atoms with van der Waals surface area (Å²) >= 11 is 1.23. The molecule has 4 aromatic rings. The van der Waals surface area contributed by atoms with Gasteiger partial charge in [0.2, 0.25) is 5.91 Å². The normalized spacial score (nSPS) is 17.5. The summed E-state index contributed by atoms with van der Waals surface area (Å²) in [6, 6.07) is 16.7. The highest BCUT2D eigenvalue weighted by Crippen LogP contribution is 2.26. The van der Waals surface area contributed by atoms with Crippen LogP contribution in [-0.4, -0.2) is 54.5 Å². The standard InChI is InChI=1S/C25H27N5O3S2.2H2/c1-18-17-28(21-7-9-22(10-8-21)35(32,33)27-25-26-12-16-34-25)14-15-29(18)24(31)19(2)30-13-11-20-5-3-4-6-23(20)30;;/h3-13,16,18-19H,14-15,17H2,1-2H3,(H,26,27);2*1H/t18?,19-;;/m0../s1. The number of fused-ring (bicyclic) bond motifs is 1. The van der Waals surface area contributed by atoms with Gasteiger partial charge in [-0.15, -0.1) is 11.3 Å². The van der Waals surface area contributed by atoms with Crippen LogP contribution >= 0.6 is 11.3 Å². The van der Waals surface area contributed by atoms with Crippen LogP contribution in [0.5, 0.6) is 0 Å². The van der Waals surface area contributed by atoms with Gasteiger partial charge in [0.15, 0.2) is 5.13 Å². The van der Waals surface area contributed by atoms with Crippen molar-refractivity contribution in [3.8, 4) is 0 Å². The number of nitrogens with zero attached hydrogens (tertiary/aromatic N) is 4. The highest BCUT2D eigenvalue weighted by molar-refractivity contribution is 7.93. The fourth-order valence-corrected chi connectivity index (χ4v) is 6.39. The first-order valence-electron chi connectivity index (χ1n) is 11.5. The van der Waals surface area contributed by atoms with E-state index in [9.17, 15) is 13.2 Å². The van der Waals surface area contributed by atoms with Crippen LogP contribution in [-0.2, 0) is 14.8 Å². The third kappa shape index (κ3) is 4.63. The Morgan fingerprint density at radius 2 is 1.91 bits per heavy atom. The molecule has 2 aromatic heterocycles. The predicted molar refractivity (Wildman–Crippen MR) is 144 cm³/mol. The van der Waals surface area contributed by atoms with E-state index in [2.05, 4.69) is 27.6 Å². The molecule has 2 atom stereocenters. The van der Waals surface area contributed by atoms with E-state index in [0.29, 0.717) is 24.8 Å². The van der Waals surface area contributed by atoms with Crippen LogP contribution in [0, 0.1) is 0 Å². The van der Waals surface area contributed by atoms with Gasteiger partial charge in [0.25, 0.3) is 10.0 Å². The molecule has 10 heteroatoms. The van der Waals surface area contributed by atoms with E-state index in [1.54, 1.807) is 23.7 Å². The van der Waals surface area contributed by atoms with Crippen LogP contribution < -0.4 is 9.62 Å². The highest BCUT2D eigenvalue weighted by atomic mass is 32.2. The Bertz CT molecular complexity index is 1440. The molecular formula is C25H31N5O3S2. The van der Waals surface area contributed by atoms with Gasteiger partial charge in [-0.05, 0) is 55.6 Å². The van der Waals surface area contributed by atoms with Crippen LogP contribution in [0.1, 0.15) is 22.7 Å². The number of sulfonamides is 1. The summed E-state index contributed by atoms with van der Waals surface area (Å²) in [5.41, 5.74) is 1.99. The second kappa shape index (κ2) is 9.35. The first-order valence-corrected chi connectivity index (χ1v) is 13.8. The Balaban J connectivity index is 0.00000190. The average molecular weight is 514 g/mol. The molecule has 0 bridgehead atoms. The van der Waals surface area contributed by atoms with E-state index in [1.807, 2.05) is 59.0 Å². The summed E-state index contributed by atoms with van der Waals surface area (Å²) in [5, 5.41) is 3.18. The van der Waals surface area contributed by atoms with Gasteiger partial charge in [-0.3, -0.25) is 9.52 Å². The van der Waals surface area contributed by atoms with Crippen molar-refractivity contribution in [3.63, 3.8) is 0 Å². The van der Waals surface area contributed by atoms with Crippen molar-refractivity contribution in [3.05, 3.63) is 72.4 Å². The zero-order valence-corrected chi connectivity index (χ0v) is 21.2. The number of rotatable bonds is 6.